The molecule has 1 saturated heterocycles. The van der Waals surface area contributed by atoms with Gasteiger partial charge in [0.15, 0.2) is 0 Å². The Hall–Kier alpha value is -2.14. The van der Waals surface area contributed by atoms with Gasteiger partial charge in [0.1, 0.15) is 10.8 Å². The van der Waals surface area contributed by atoms with Crippen molar-refractivity contribution in [1.29, 1.82) is 0 Å². The fourth-order valence-electron chi connectivity index (χ4n) is 2.24. The van der Waals surface area contributed by atoms with Crippen LogP contribution in [0.5, 0.6) is 0 Å². The van der Waals surface area contributed by atoms with Crippen LogP contribution in [-0.2, 0) is 4.79 Å². The summed E-state index contributed by atoms with van der Waals surface area (Å²) in [7, 11) is 0. The minimum absolute atomic E-state index is 0.0557. The minimum atomic E-state index is -0.320. The highest BCUT2D eigenvalue weighted by atomic mass is 35.5. The summed E-state index contributed by atoms with van der Waals surface area (Å²) in [6.45, 7) is 0.450. The highest BCUT2D eigenvalue weighted by molar-refractivity contribution is 6.34. The first kappa shape index (κ1) is 12.9. The average molecular weight is 290 g/mol. The second-order valence-electron chi connectivity index (χ2n) is 4.70. The summed E-state index contributed by atoms with van der Waals surface area (Å²) in [5.41, 5.74) is 0.257. The molecule has 1 aliphatic heterocycles. The molecule has 0 saturated carbocycles. The number of benzene rings is 1. The van der Waals surface area contributed by atoms with Crippen molar-refractivity contribution >= 4 is 34.2 Å². The normalized spacial score (nSPS) is 18.1. The molecular formula is C14H12ClN3O2. The lowest BCUT2D eigenvalue weighted by Gasteiger charge is -2.10. The van der Waals surface area contributed by atoms with Crippen LogP contribution in [0, 0.1) is 0 Å². The van der Waals surface area contributed by atoms with Crippen molar-refractivity contribution in [2.45, 2.75) is 12.5 Å². The minimum Gasteiger partial charge on any atom is -0.354 e. The highest BCUT2D eigenvalue weighted by Crippen LogP contribution is 2.22. The molecule has 6 heteroatoms. The third kappa shape index (κ3) is 2.44. The molecule has 2 N–H and O–H groups in total. The summed E-state index contributed by atoms with van der Waals surface area (Å²) >= 11 is 6.09. The van der Waals surface area contributed by atoms with Crippen LogP contribution in [0.3, 0.4) is 0 Å². The molecule has 1 atom stereocenters. The monoisotopic (exact) mass is 289 g/mol. The van der Waals surface area contributed by atoms with Crippen molar-refractivity contribution in [1.82, 2.24) is 15.6 Å². The number of hydrogen-bond donors (Lipinski definition) is 2. The van der Waals surface area contributed by atoms with Gasteiger partial charge in [0.25, 0.3) is 5.91 Å². The van der Waals surface area contributed by atoms with Gasteiger partial charge in [-0.1, -0.05) is 35.9 Å². The molecule has 102 valence electrons. The molecule has 1 unspecified atom stereocenters. The van der Waals surface area contributed by atoms with E-state index in [4.69, 9.17) is 11.6 Å². The zero-order valence-corrected chi connectivity index (χ0v) is 11.3. The number of nitrogens with zero attached hydrogens (tertiary/aromatic N) is 1. The van der Waals surface area contributed by atoms with Crippen molar-refractivity contribution < 1.29 is 9.59 Å². The second-order valence-corrected chi connectivity index (χ2v) is 5.06. The molecule has 1 fully saturated rings. The van der Waals surface area contributed by atoms with Gasteiger partial charge in [-0.25, -0.2) is 4.98 Å². The van der Waals surface area contributed by atoms with Crippen molar-refractivity contribution in [3.05, 3.63) is 41.2 Å². The molecule has 0 bridgehead atoms. The summed E-state index contributed by atoms with van der Waals surface area (Å²) in [5.74, 6) is -0.376. The number of pyridine rings is 1. The molecule has 2 amide bonds. The van der Waals surface area contributed by atoms with Gasteiger partial charge in [0.05, 0.1) is 6.04 Å². The van der Waals surface area contributed by atoms with Crippen LogP contribution in [0.15, 0.2) is 30.3 Å². The predicted octanol–water partition coefficient (Wildman–Crippen LogP) is 1.51. The van der Waals surface area contributed by atoms with E-state index in [2.05, 4.69) is 15.6 Å². The Labute approximate surface area is 120 Å². The van der Waals surface area contributed by atoms with Gasteiger partial charge in [-0.2, -0.15) is 0 Å². The Morgan fingerprint density at radius 2 is 2.20 bits per heavy atom. The molecule has 3 rings (SSSR count). The van der Waals surface area contributed by atoms with E-state index >= 15 is 0 Å². The van der Waals surface area contributed by atoms with Gasteiger partial charge in [-0.15, -0.1) is 0 Å². The van der Waals surface area contributed by atoms with Gasteiger partial charge in [-0.3, -0.25) is 9.59 Å². The van der Waals surface area contributed by atoms with Gasteiger partial charge >= 0.3 is 0 Å². The molecule has 1 aromatic carbocycles. The van der Waals surface area contributed by atoms with Gasteiger partial charge in [0, 0.05) is 18.4 Å². The van der Waals surface area contributed by atoms with Crippen LogP contribution in [0.1, 0.15) is 16.9 Å². The maximum atomic E-state index is 12.1. The Morgan fingerprint density at radius 1 is 1.40 bits per heavy atom. The van der Waals surface area contributed by atoms with Crippen LogP contribution in [-0.4, -0.2) is 29.4 Å². The van der Waals surface area contributed by atoms with Crippen molar-refractivity contribution in [3.63, 3.8) is 0 Å². The van der Waals surface area contributed by atoms with E-state index < -0.39 is 0 Å². The molecule has 1 aromatic heterocycles. The molecule has 0 aliphatic carbocycles. The molecule has 20 heavy (non-hydrogen) atoms. The molecule has 1 aliphatic rings. The standard InChI is InChI=1S/C14H12ClN3O2/c15-13-10-4-2-1-3-8(10)5-11(18-13)14(20)17-9-6-12(19)16-7-9/h1-5,9H,6-7H2,(H,16,19)(H,17,20). The number of aromatic nitrogens is 1. The Balaban J connectivity index is 1.86. The van der Waals surface area contributed by atoms with Crippen molar-refractivity contribution in [3.8, 4) is 0 Å². The number of hydrogen-bond acceptors (Lipinski definition) is 3. The first-order chi connectivity index (χ1) is 9.63. The molecule has 0 radical (unpaired) electrons. The topological polar surface area (TPSA) is 71.1 Å². The number of nitrogens with one attached hydrogen (secondary N) is 2. The number of carbonyl (C=O) groups excluding carboxylic acids is 2. The maximum Gasteiger partial charge on any atom is 0.270 e. The third-order valence-electron chi connectivity index (χ3n) is 3.24. The van der Waals surface area contributed by atoms with Crippen LogP contribution in [0.25, 0.3) is 10.8 Å². The van der Waals surface area contributed by atoms with E-state index in [-0.39, 0.29) is 23.6 Å². The van der Waals surface area contributed by atoms with E-state index in [1.165, 1.54) is 0 Å². The molecular weight excluding hydrogens is 278 g/mol. The zero-order valence-electron chi connectivity index (χ0n) is 10.5. The zero-order chi connectivity index (χ0) is 14.1. The van der Waals surface area contributed by atoms with Crippen LogP contribution >= 0.6 is 11.6 Å². The number of halogens is 1. The SMILES string of the molecule is O=C1CC(NC(=O)c2cc3ccccc3c(Cl)n2)CN1. The number of amides is 2. The Kier molecular flexibility index (Phi) is 3.28. The van der Waals surface area contributed by atoms with Crippen molar-refractivity contribution in [2.75, 3.05) is 6.54 Å². The lowest BCUT2D eigenvalue weighted by Crippen LogP contribution is -2.36. The van der Waals surface area contributed by atoms with E-state index in [1.54, 1.807) is 6.07 Å². The molecule has 2 aromatic rings. The lowest BCUT2D eigenvalue weighted by atomic mass is 10.1. The number of rotatable bonds is 2. The van der Waals surface area contributed by atoms with Crippen LogP contribution in [0.4, 0.5) is 0 Å². The fraction of sp³-hybridized carbons (Fsp3) is 0.214. The van der Waals surface area contributed by atoms with E-state index in [0.29, 0.717) is 18.1 Å². The largest absolute Gasteiger partial charge is 0.354 e. The van der Waals surface area contributed by atoms with Crippen LogP contribution < -0.4 is 10.6 Å². The molecule has 5 nitrogen and oxygen atoms in total. The average Bonchev–Trinajstić information content (AvgIpc) is 2.84. The smallest absolute Gasteiger partial charge is 0.270 e. The summed E-state index contributed by atoms with van der Waals surface area (Å²) in [6.07, 6.45) is 0.299. The van der Waals surface area contributed by atoms with Gasteiger partial charge in [-0.05, 0) is 11.5 Å². The van der Waals surface area contributed by atoms with Gasteiger partial charge < -0.3 is 10.6 Å². The maximum absolute atomic E-state index is 12.1. The highest BCUT2D eigenvalue weighted by Gasteiger charge is 2.24. The van der Waals surface area contributed by atoms with Gasteiger partial charge in [0.2, 0.25) is 5.91 Å². The quantitative estimate of drug-likeness (QED) is 0.823. The predicted molar refractivity (Wildman–Crippen MR) is 75.6 cm³/mol. The summed E-state index contributed by atoms with van der Waals surface area (Å²) in [6, 6.07) is 8.97. The lowest BCUT2D eigenvalue weighted by molar-refractivity contribution is -0.119. The number of carbonyl (C=O) groups is 2. The Bertz CT molecular complexity index is 702. The molecule has 0 spiro atoms. The van der Waals surface area contributed by atoms with E-state index in [0.717, 1.165) is 10.8 Å². The van der Waals surface area contributed by atoms with Crippen molar-refractivity contribution in [2.24, 2.45) is 0 Å². The first-order valence-corrected chi connectivity index (χ1v) is 6.64. The first-order valence-electron chi connectivity index (χ1n) is 6.26. The summed E-state index contributed by atoms with van der Waals surface area (Å²) in [4.78, 5) is 27.3. The van der Waals surface area contributed by atoms with Crippen LogP contribution in [0.2, 0.25) is 5.15 Å². The fourth-order valence-corrected chi connectivity index (χ4v) is 2.50. The summed E-state index contributed by atoms with van der Waals surface area (Å²) in [5, 5.41) is 7.41. The molecule has 2 heterocycles. The number of fused-ring (bicyclic) bond motifs is 1. The second kappa shape index (κ2) is 5.09. The summed E-state index contributed by atoms with van der Waals surface area (Å²) < 4.78 is 0. The Morgan fingerprint density at radius 3 is 2.95 bits per heavy atom. The van der Waals surface area contributed by atoms with E-state index in [1.807, 2.05) is 24.3 Å². The van der Waals surface area contributed by atoms with E-state index in [9.17, 15) is 9.59 Å². The third-order valence-corrected chi connectivity index (χ3v) is 3.53.